The Morgan fingerprint density at radius 1 is 1.06 bits per heavy atom. The molecule has 3 rings (SSSR count). The van der Waals surface area contributed by atoms with Crippen LogP contribution in [0.1, 0.15) is 42.1 Å². The molecule has 184 valence electrons. The Morgan fingerprint density at radius 3 is 2.29 bits per heavy atom. The molecule has 1 N–H and O–H groups in total. The monoisotopic (exact) mass is 488 g/mol. The van der Waals surface area contributed by atoms with E-state index < -0.39 is 5.92 Å². The van der Waals surface area contributed by atoms with Gasteiger partial charge in [0.05, 0.1) is 27.2 Å². The molecule has 2 aromatic rings. The highest BCUT2D eigenvalue weighted by Gasteiger charge is 2.41. The maximum absolute atomic E-state index is 13.3. The first-order valence-corrected chi connectivity index (χ1v) is 11.8. The summed E-state index contributed by atoms with van der Waals surface area (Å²) < 4.78 is 16.5. The summed E-state index contributed by atoms with van der Waals surface area (Å²) in [6.45, 7) is 5.52. The van der Waals surface area contributed by atoms with Crippen LogP contribution in [0.4, 0.5) is 0 Å². The summed E-state index contributed by atoms with van der Waals surface area (Å²) in [5.74, 6) is 1.10. The molecule has 34 heavy (non-hydrogen) atoms. The van der Waals surface area contributed by atoms with Gasteiger partial charge < -0.3 is 24.4 Å². The minimum Gasteiger partial charge on any atom is -0.493 e. The van der Waals surface area contributed by atoms with Crippen molar-refractivity contribution in [1.82, 2.24) is 10.2 Å². The summed E-state index contributed by atoms with van der Waals surface area (Å²) in [5, 5.41) is 3.55. The number of likely N-dealkylation sites (tertiary alicyclic amines) is 1. The number of hydrogen-bond acceptors (Lipinski definition) is 5. The average molecular weight is 489 g/mol. The summed E-state index contributed by atoms with van der Waals surface area (Å²) in [6.07, 6.45) is 0.887. The van der Waals surface area contributed by atoms with Gasteiger partial charge in [0.1, 0.15) is 0 Å². The molecule has 8 heteroatoms. The molecule has 1 heterocycles. The second kappa shape index (κ2) is 11.5. The van der Waals surface area contributed by atoms with Gasteiger partial charge in [-0.05, 0) is 48.2 Å². The van der Waals surface area contributed by atoms with E-state index in [1.54, 1.807) is 50.5 Å². The van der Waals surface area contributed by atoms with Crippen LogP contribution in [0.2, 0.25) is 5.02 Å². The van der Waals surface area contributed by atoms with Gasteiger partial charge in [0.25, 0.3) is 5.91 Å². The van der Waals surface area contributed by atoms with Gasteiger partial charge in [0.2, 0.25) is 11.7 Å². The predicted molar refractivity (Wildman–Crippen MR) is 132 cm³/mol. The van der Waals surface area contributed by atoms with Gasteiger partial charge in [-0.3, -0.25) is 9.59 Å². The molecular formula is C26H33ClN2O5. The highest BCUT2D eigenvalue weighted by Crippen LogP contribution is 2.43. The molecule has 0 aliphatic carbocycles. The molecule has 2 aromatic carbocycles. The molecule has 2 amide bonds. The number of methoxy groups -OCH3 is 3. The first kappa shape index (κ1) is 25.7. The Labute approximate surface area is 206 Å². The Kier molecular flexibility index (Phi) is 8.67. The summed E-state index contributed by atoms with van der Waals surface area (Å²) in [6, 6.07) is 10.6. The van der Waals surface area contributed by atoms with Crippen LogP contribution in [0.25, 0.3) is 0 Å². The van der Waals surface area contributed by atoms with Crippen LogP contribution < -0.4 is 19.5 Å². The Bertz CT molecular complexity index is 1000. The lowest BCUT2D eigenvalue weighted by Crippen LogP contribution is -2.36. The van der Waals surface area contributed by atoms with E-state index in [1.165, 1.54) is 0 Å². The standard InChI is InChI=1S/C26H33ClN2O5/c1-16(2)9-10-28-25(30)21-15-29(26(31)17-7-6-8-19(27)11-17)14-20(21)18-12-22(32-3)24(34-5)23(13-18)33-4/h6-8,11-13,16,20-21H,9-10,14-15H2,1-5H3,(H,28,30)/t20-,21-/m0/s1. The summed E-state index contributed by atoms with van der Waals surface area (Å²) in [4.78, 5) is 28.2. The SMILES string of the molecule is COc1cc([C@@H]2CN(C(=O)c3cccc(Cl)c3)C[C@@H]2C(=O)NCCC(C)C)cc(OC)c1OC. The fraction of sp³-hybridized carbons (Fsp3) is 0.462. The largest absolute Gasteiger partial charge is 0.493 e. The van der Waals surface area contributed by atoms with E-state index in [0.29, 0.717) is 53.4 Å². The number of carbonyl (C=O) groups is 2. The van der Waals surface area contributed by atoms with Gasteiger partial charge in [-0.15, -0.1) is 0 Å². The fourth-order valence-corrected chi connectivity index (χ4v) is 4.50. The molecule has 0 aromatic heterocycles. The number of halogens is 1. The Hall–Kier alpha value is -2.93. The molecule has 0 saturated carbocycles. The van der Waals surface area contributed by atoms with Crippen LogP contribution >= 0.6 is 11.6 Å². The van der Waals surface area contributed by atoms with Crippen LogP contribution in [-0.4, -0.2) is 57.7 Å². The Morgan fingerprint density at radius 2 is 1.74 bits per heavy atom. The number of benzene rings is 2. The van der Waals surface area contributed by atoms with Crippen molar-refractivity contribution in [2.45, 2.75) is 26.2 Å². The third-order valence-electron chi connectivity index (χ3n) is 6.15. The van der Waals surface area contributed by atoms with Crippen LogP contribution in [0.5, 0.6) is 17.2 Å². The van der Waals surface area contributed by atoms with Gasteiger partial charge >= 0.3 is 0 Å². The van der Waals surface area contributed by atoms with Gasteiger partial charge in [0.15, 0.2) is 11.5 Å². The summed E-state index contributed by atoms with van der Waals surface area (Å²) in [5.41, 5.74) is 1.34. The third kappa shape index (κ3) is 5.76. The van der Waals surface area contributed by atoms with Crippen molar-refractivity contribution >= 4 is 23.4 Å². The zero-order chi connectivity index (χ0) is 24.8. The number of carbonyl (C=O) groups excluding carboxylic acids is 2. The smallest absolute Gasteiger partial charge is 0.253 e. The molecule has 2 atom stereocenters. The van der Waals surface area contributed by atoms with Crippen molar-refractivity contribution in [3.63, 3.8) is 0 Å². The van der Waals surface area contributed by atoms with Crippen molar-refractivity contribution in [1.29, 1.82) is 0 Å². The van der Waals surface area contributed by atoms with Crippen molar-refractivity contribution in [3.8, 4) is 17.2 Å². The van der Waals surface area contributed by atoms with Crippen molar-refractivity contribution in [2.24, 2.45) is 11.8 Å². The van der Waals surface area contributed by atoms with Crippen molar-refractivity contribution < 1.29 is 23.8 Å². The minimum atomic E-state index is -0.418. The molecule has 0 bridgehead atoms. The molecule has 0 unspecified atom stereocenters. The Balaban J connectivity index is 1.94. The van der Waals surface area contributed by atoms with E-state index in [0.717, 1.165) is 12.0 Å². The number of hydrogen-bond donors (Lipinski definition) is 1. The van der Waals surface area contributed by atoms with Crippen molar-refractivity contribution in [3.05, 3.63) is 52.5 Å². The average Bonchev–Trinajstić information content (AvgIpc) is 3.28. The first-order valence-electron chi connectivity index (χ1n) is 11.4. The second-order valence-electron chi connectivity index (χ2n) is 8.87. The molecule has 1 aliphatic heterocycles. The molecular weight excluding hydrogens is 456 g/mol. The van der Waals surface area contributed by atoms with Crippen LogP contribution in [0, 0.1) is 11.8 Å². The zero-order valence-electron chi connectivity index (χ0n) is 20.4. The molecule has 0 radical (unpaired) electrons. The van der Waals surface area contributed by atoms with E-state index in [1.807, 2.05) is 12.1 Å². The summed E-state index contributed by atoms with van der Waals surface area (Å²) >= 11 is 6.10. The lowest BCUT2D eigenvalue weighted by molar-refractivity contribution is -0.124. The topological polar surface area (TPSA) is 77.1 Å². The van der Waals surface area contributed by atoms with E-state index in [-0.39, 0.29) is 17.7 Å². The van der Waals surface area contributed by atoms with E-state index in [4.69, 9.17) is 25.8 Å². The quantitative estimate of drug-likeness (QED) is 0.566. The maximum atomic E-state index is 13.3. The molecule has 1 saturated heterocycles. The van der Waals surface area contributed by atoms with E-state index >= 15 is 0 Å². The van der Waals surface area contributed by atoms with Gasteiger partial charge in [-0.25, -0.2) is 0 Å². The first-order chi connectivity index (χ1) is 16.3. The number of ether oxygens (including phenoxy) is 3. The van der Waals surface area contributed by atoms with Gasteiger partial charge in [-0.2, -0.15) is 0 Å². The highest BCUT2D eigenvalue weighted by molar-refractivity contribution is 6.30. The van der Waals surface area contributed by atoms with Gasteiger partial charge in [-0.1, -0.05) is 31.5 Å². The maximum Gasteiger partial charge on any atom is 0.253 e. The number of rotatable bonds is 9. The van der Waals surface area contributed by atoms with E-state index in [2.05, 4.69) is 19.2 Å². The number of nitrogens with one attached hydrogen (secondary N) is 1. The van der Waals surface area contributed by atoms with Crippen molar-refractivity contribution in [2.75, 3.05) is 41.0 Å². The zero-order valence-corrected chi connectivity index (χ0v) is 21.1. The highest BCUT2D eigenvalue weighted by atomic mass is 35.5. The number of amides is 2. The van der Waals surface area contributed by atoms with Crippen LogP contribution in [0.3, 0.4) is 0 Å². The molecule has 7 nitrogen and oxygen atoms in total. The molecule has 1 fully saturated rings. The molecule has 0 spiro atoms. The number of nitrogens with zero attached hydrogens (tertiary/aromatic N) is 1. The lowest BCUT2D eigenvalue weighted by Gasteiger charge is -2.21. The lowest BCUT2D eigenvalue weighted by atomic mass is 9.87. The van der Waals surface area contributed by atoms with Crippen LogP contribution in [0.15, 0.2) is 36.4 Å². The van der Waals surface area contributed by atoms with Crippen LogP contribution in [-0.2, 0) is 4.79 Å². The minimum absolute atomic E-state index is 0.0687. The fourth-order valence-electron chi connectivity index (χ4n) is 4.31. The van der Waals surface area contributed by atoms with Gasteiger partial charge in [0, 0.05) is 36.1 Å². The predicted octanol–water partition coefficient (Wildman–Crippen LogP) is 4.38. The normalized spacial score (nSPS) is 17.6. The summed E-state index contributed by atoms with van der Waals surface area (Å²) in [7, 11) is 4.66. The van der Waals surface area contributed by atoms with E-state index in [9.17, 15) is 9.59 Å². The second-order valence-corrected chi connectivity index (χ2v) is 9.30. The third-order valence-corrected chi connectivity index (χ3v) is 6.39. The molecule has 1 aliphatic rings.